The number of fused-ring (bicyclic) bond motifs is 2. The van der Waals surface area contributed by atoms with E-state index in [-0.39, 0.29) is 31.6 Å². The van der Waals surface area contributed by atoms with Gasteiger partial charge in [0, 0.05) is 31.0 Å². The number of aliphatic hydroxyl groups is 1. The number of benzene rings is 2. The summed E-state index contributed by atoms with van der Waals surface area (Å²) < 4.78 is 12.8. The Morgan fingerprint density at radius 1 is 0.935 bits per heavy atom. The maximum absolute atomic E-state index is 15.0. The van der Waals surface area contributed by atoms with Crippen LogP contribution in [0.4, 0.5) is 11.4 Å². The smallest absolute Gasteiger partial charge is 0.313 e. The second-order valence-corrected chi connectivity index (χ2v) is 12.6. The lowest BCUT2D eigenvalue weighted by Crippen LogP contribution is -2.59. The van der Waals surface area contributed by atoms with Crippen LogP contribution >= 0.6 is 0 Å². The monoisotopic (exact) mass is 627 g/mol. The molecule has 2 saturated heterocycles. The first kappa shape index (κ1) is 32.0. The molecule has 4 aliphatic heterocycles. The standard InChI is InChI=1S/C37H45N3O6/c1-4-36-20-11-8-12-23-45-35(44)31(36)30-33(42)40(29(25-41)24-26-14-9-7-10-15-26)32-34(43)39(22-13-21-37(30,32)46-36)28-18-16-27(17-19-28)38(5-2)6-3/h7,9-11,13-21,29-32,41H,4-6,8,12,22-25H2,1-3H3/b20-11-/t29-,30+,31-,32?,36+,37+/m1/s1. The van der Waals surface area contributed by atoms with Crippen molar-refractivity contribution in [1.82, 2.24) is 4.90 Å². The van der Waals surface area contributed by atoms with E-state index in [0.717, 1.165) is 24.3 Å². The molecule has 2 fully saturated rings. The first-order valence-electron chi connectivity index (χ1n) is 16.7. The van der Waals surface area contributed by atoms with Crippen LogP contribution in [0.3, 0.4) is 0 Å². The topological polar surface area (TPSA) is 99.6 Å². The van der Waals surface area contributed by atoms with Gasteiger partial charge in [-0.2, -0.15) is 0 Å². The van der Waals surface area contributed by atoms with E-state index in [1.54, 1.807) is 4.90 Å². The largest absolute Gasteiger partial charge is 0.465 e. The molecule has 2 amide bonds. The molecule has 6 atom stereocenters. The van der Waals surface area contributed by atoms with Crippen LogP contribution in [0.25, 0.3) is 0 Å². The highest BCUT2D eigenvalue weighted by Gasteiger charge is 2.76. The van der Waals surface area contributed by atoms with Gasteiger partial charge < -0.3 is 29.3 Å². The number of allylic oxidation sites excluding steroid dienone is 1. The molecule has 1 spiro atoms. The quantitative estimate of drug-likeness (QED) is 0.327. The normalized spacial score (nSPS) is 30.3. The number of hydrogen-bond acceptors (Lipinski definition) is 7. The fourth-order valence-corrected chi connectivity index (χ4v) is 8.01. The van der Waals surface area contributed by atoms with Gasteiger partial charge in [0.05, 0.1) is 25.2 Å². The highest BCUT2D eigenvalue weighted by atomic mass is 16.6. The number of rotatable bonds is 9. The zero-order chi connectivity index (χ0) is 32.5. The number of aliphatic hydroxyl groups excluding tert-OH is 1. The molecule has 0 radical (unpaired) electrons. The third-order valence-corrected chi connectivity index (χ3v) is 10.3. The Morgan fingerprint density at radius 2 is 1.67 bits per heavy atom. The van der Waals surface area contributed by atoms with Crippen molar-refractivity contribution >= 4 is 29.2 Å². The maximum atomic E-state index is 15.0. The van der Waals surface area contributed by atoms with Crippen LogP contribution < -0.4 is 9.80 Å². The SMILES string of the molecule is CCN(CC)c1ccc(N2CC=C[C@]34O[C@@]5(CC)/C=C\CCCOC(=O)[C@H]5[C@H]3C(=O)N([C@@H](CO)Cc3ccccc3)C4C2=O)cc1. The van der Waals surface area contributed by atoms with Gasteiger partial charge in [-0.15, -0.1) is 0 Å². The van der Waals surface area contributed by atoms with Crippen LogP contribution in [-0.4, -0.2) is 83.9 Å². The number of amides is 2. The molecular weight excluding hydrogens is 582 g/mol. The summed E-state index contributed by atoms with van der Waals surface area (Å²) in [5.74, 6) is -3.11. The summed E-state index contributed by atoms with van der Waals surface area (Å²) in [6, 6.07) is 15.7. The highest BCUT2D eigenvalue weighted by Crippen LogP contribution is 2.58. The molecule has 2 aromatic rings. The lowest BCUT2D eigenvalue weighted by atomic mass is 9.73. The van der Waals surface area contributed by atoms with E-state index in [9.17, 15) is 19.5 Å². The van der Waals surface area contributed by atoms with Crippen LogP contribution in [0.5, 0.6) is 0 Å². The first-order valence-corrected chi connectivity index (χ1v) is 16.7. The summed E-state index contributed by atoms with van der Waals surface area (Å²) in [5, 5.41) is 10.8. The summed E-state index contributed by atoms with van der Waals surface area (Å²) in [6.07, 6.45) is 9.81. The summed E-state index contributed by atoms with van der Waals surface area (Å²) >= 11 is 0. The fraction of sp³-hybridized carbons (Fsp3) is 0.486. The van der Waals surface area contributed by atoms with Crippen molar-refractivity contribution in [1.29, 1.82) is 0 Å². The predicted octanol–water partition coefficient (Wildman–Crippen LogP) is 4.29. The Kier molecular flexibility index (Phi) is 9.08. The van der Waals surface area contributed by atoms with E-state index in [2.05, 4.69) is 18.7 Å². The van der Waals surface area contributed by atoms with Crippen molar-refractivity contribution in [3.8, 4) is 0 Å². The Labute approximate surface area is 271 Å². The van der Waals surface area contributed by atoms with E-state index in [1.165, 1.54) is 4.90 Å². The molecular formula is C37H45N3O6. The minimum Gasteiger partial charge on any atom is -0.465 e. The van der Waals surface area contributed by atoms with Gasteiger partial charge in [0.15, 0.2) is 0 Å². The van der Waals surface area contributed by atoms with Gasteiger partial charge in [-0.3, -0.25) is 14.4 Å². The third-order valence-electron chi connectivity index (χ3n) is 10.3. The minimum atomic E-state index is -1.43. The van der Waals surface area contributed by atoms with Crippen molar-refractivity contribution < 1.29 is 29.0 Å². The number of cyclic esters (lactones) is 1. The molecule has 0 saturated carbocycles. The van der Waals surface area contributed by atoms with E-state index in [0.29, 0.717) is 31.4 Å². The number of ether oxygens (including phenoxy) is 2. The number of nitrogens with zero attached hydrogens (tertiary/aromatic N) is 3. The molecule has 0 bridgehead atoms. The van der Waals surface area contributed by atoms with Crippen LogP contribution in [0.1, 0.15) is 45.6 Å². The zero-order valence-electron chi connectivity index (χ0n) is 27.0. The average molecular weight is 628 g/mol. The molecule has 9 heteroatoms. The van der Waals surface area contributed by atoms with Gasteiger partial charge >= 0.3 is 5.97 Å². The van der Waals surface area contributed by atoms with Gasteiger partial charge in [-0.25, -0.2) is 0 Å². The number of carbonyl (C=O) groups excluding carboxylic acids is 3. The molecule has 2 aromatic carbocycles. The molecule has 4 aliphatic rings. The molecule has 1 unspecified atom stereocenters. The molecule has 0 aromatic heterocycles. The molecule has 46 heavy (non-hydrogen) atoms. The number of carbonyl (C=O) groups is 3. The fourth-order valence-electron chi connectivity index (χ4n) is 8.01. The molecule has 9 nitrogen and oxygen atoms in total. The summed E-state index contributed by atoms with van der Waals surface area (Å²) in [5.41, 5.74) is 0.134. The third kappa shape index (κ3) is 5.23. The van der Waals surface area contributed by atoms with Gasteiger partial charge in [0.1, 0.15) is 23.2 Å². The van der Waals surface area contributed by atoms with E-state index in [1.807, 2.05) is 85.8 Å². The van der Waals surface area contributed by atoms with E-state index < -0.39 is 41.1 Å². The predicted molar refractivity (Wildman–Crippen MR) is 176 cm³/mol. The first-order chi connectivity index (χ1) is 22.3. The number of likely N-dealkylation sites (tertiary alicyclic amines) is 1. The molecule has 1 N–H and O–H groups in total. The molecule has 0 aliphatic carbocycles. The number of anilines is 2. The van der Waals surface area contributed by atoms with E-state index in [4.69, 9.17) is 9.47 Å². The summed E-state index contributed by atoms with van der Waals surface area (Å²) in [6.45, 7) is 8.04. The molecule has 244 valence electrons. The van der Waals surface area contributed by atoms with Crippen molar-refractivity contribution in [2.75, 3.05) is 42.6 Å². The van der Waals surface area contributed by atoms with Crippen molar-refractivity contribution in [2.24, 2.45) is 11.8 Å². The van der Waals surface area contributed by atoms with Crippen LogP contribution in [0, 0.1) is 11.8 Å². The van der Waals surface area contributed by atoms with Gasteiger partial charge in [0.25, 0.3) is 5.91 Å². The summed E-state index contributed by atoms with van der Waals surface area (Å²) in [4.78, 5) is 49.2. The molecule has 6 rings (SSSR count). The van der Waals surface area contributed by atoms with Crippen LogP contribution in [-0.2, 0) is 30.3 Å². The second kappa shape index (κ2) is 13.0. The Bertz CT molecular complexity index is 1490. The van der Waals surface area contributed by atoms with Gasteiger partial charge in [0.2, 0.25) is 5.91 Å². The van der Waals surface area contributed by atoms with Crippen molar-refractivity contribution in [3.05, 3.63) is 84.5 Å². The zero-order valence-corrected chi connectivity index (χ0v) is 27.0. The van der Waals surface area contributed by atoms with Crippen LogP contribution in [0.15, 0.2) is 78.9 Å². The molecule has 4 heterocycles. The second-order valence-electron chi connectivity index (χ2n) is 12.6. The Morgan fingerprint density at radius 3 is 2.35 bits per heavy atom. The highest BCUT2D eigenvalue weighted by molar-refractivity contribution is 6.06. The van der Waals surface area contributed by atoms with Crippen molar-refractivity contribution in [3.63, 3.8) is 0 Å². The van der Waals surface area contributed by atoms with Crippen LogP contribution in [0.2, 0.25) is 0 Å². The van der Waals surface area contributed by atoms with E-state index >= 15 is 0 Å². The lowest BCUT2D eigenvalue weighted by molar-refractivity contribution is -0.161. The maximum Gasteiger partial charge on any atom is 0.313 e. The Balaban J connectivity index is 1.47. The Hall–Kier alpha value is -3.95. The van der Waals surface area contributed by atoms with Gasteiger partial charge in [-0.05, 0) is 69.4 Å². The summed E-state index contributed by atoms with van der Waals surface area (Å²) in [7, 11) is 0. The average Bonchev–Trinajstić information content (AvgIpc) is 3.46. The van der Waals surface area contributed by atoms with Crippen molar-refractivity contribution in [2.45, 2.75) is 69.7 Å². The lowest BCUT2D eigenvalue weighted by Gasteiger charge is -2.41. The minimum absolute atomic E-state index is 0.250. The van der Waals surface area contributed by atoms with Gasteiger partial charge in [-0.1, -0.05) is 61.6 Å². The number of esters is 1. The number of hydrogen-bond donors (Lipinski definition) is 1.